The summed E-state index contributed by atoms with van der Waals surface area (Å²) in [4.78, 5) is 0. The molecule has 0 spiro atoms. The second-order valence-electron chi connectivity index (χ2n) is 13.2. The molecule has 0 aromatic rings. The average molecular weight is 622 g/mol. The third kappa shape index (κ3) is 34.8. The zero-order chi connectivity index (χ0) is 27.9. The van der Waals surface area contributed by atoms with E-state index in [-0.39, 0.29) is 30.6 Å². The van der Waals surface area contributed by atoms with Gasteiger partial charge in [0, 0.05) is 6.42 Å². The highest BCUT2D eigenvalue weighted by molar-refractivity contribution is 8.19. The van der Waals surface area contributed by atoms with E-state index in [2.05, 4.69) is 35.1 Å². The predicted octanol–water partition coefficient (Wildman–Crippen LogP) is 3.58. The van der Waals surface area contributed by atoms with Crippen LogP contribution in [-0.2, 0) is 0 Å². The van der Waals surface area contributed by atoms with Gasteiger partial charge in [-0.15, -0.1) is 0 Å². The molecule has 0 bridgehead atoms. The lowest BCUT2D eigenvalue weighted by Crippen LogP contribution is -3.00. The summed E-state index contributed by atoms with van der Waals surface area (Å²) < 4.78 is 29.4. The van der Waals surface area contributed by atoms with Crippen molar-refractivity contribution in [2.45, 2.75) is 142 Å². The molecule has 0 aliphatic heterocycles. The molecule has 0 heterocycles. The topological polar surface area (TPSA) is 60.7 Å². The summed E-state index contributed by atoms with van der Waals surface area (Å²) in [5.41, 5.74) is 0. The van der Waals surface area contributed by atoms with Crippen molar-refractivity contribution in [3.63, 3.8) is 0 Å². The van der Waals surface area contributed by atoms with Gasteiger partial charge in [0.05, 0.1) is 71.0 Å². The number of rotatable bonds is 28. The summed E-state index contributed by atoms with van der Waals surface area (Å²) in [7, 11) is 5.86. The lowest BCUT2D eigenvalue weighted by molar-refractivity contribution is -0.891. The molecule has 0 radical (unpaired) electrons. The lowest BCUT2D eigenvalue weighted by Gasteiger charge is -2.31. The Morgan fingerprint density at radius 3 is 0.872 bits per heavy atom. The fraction of sp³-hybridized carbons (Fsp3) is 1.00. The van der Waals surface area contributed by atoms with Crippen molar-refractivity contribution in [1.82, 2.24) is 0 Å². The second-order valence-corrected chi connectivity index (χ2v) is 14.8. The van der Waals surface area contributed by atoms with E-state index in [9.17, 15) is 0 Å². The van der Waals surface area contributed by atoms with Gasteiger partial charge in [-0.05, 0) is 38.5 Å². The van der Waals surface area contributed by atoms with Crippen LogP contribution in [0.25, 0.3) is 0 Å². The minimum Gasteiger partial charge on any atom is -1.00 e. The molecule has 39 heavy (non-hydrogen) atoms. The van der Waals surface area contributed by atoms with Gasteiger partial charge in [-0.2, -0.15) is 0 Å². The van der Waals surface area contributed by atoms with Gasteiger partial charge in [0.2, 0.25) is 0 Å². The fourth-order valence-corrected chi connectivity index (χ4v) is 5.95. The number of hydrogen-bond acceptors (Lipinski definition) is 3. The highest BCUT2D eigenvalue weighted by atomic mass is 35.5. The molecule has 0 fully saturated rings. The highest BCUT2D eigenvalue weighted by Crippen LogP contribution is 2.33. The normalized spacial score (nSPS) is 12.7. The molecular weight excluding hydrogens is 551 g/mol. The number of hydrogen-bond donors (Lipinski definition) is 3. The Morgan fingerprint density at radius 2 is 0.615 bits per heavy atom. The molecule has 0 aromatic heterocycles. The summed E-state index contributed by atoms with van der Waals surface area (Å²) in [6, 6.07) is 0. The summed E-state index contributed by atoms with van der Waals surface area (Å²) in [6.07, 6.45) is 28.7. The minimum absolute atomic E-state index is 0. The number of halogens is 2. The van der Waals surface area contributed by atoms with Crippen molar-refractivity contribution >= 4 is 10.9 Å². The van der Waals surface area contributed by atoms with Crippen LogP contribution in [-0.4, -0.2) is 82.7 Å². The first-order chi connectivity index (χ1) is 17.5. The first-order valence-corrected chi connectivity index (χ1v) is 17.8. The molecule has 0 unspecified atom stereocenters. The van der Waals surface area contributed by atoms with Crippen molar-refractivity contribution in [1.29, 1.82) is 0 Å². The maximum absolute atomic E-state index is 9.11. The third-order valence-electron chi connectivity index (χ3n) is 8.08. The second kappa shape index (κ2) is 27.6. The van der Waals surface area contributed by atoms with Crippen molar-refractivity contribution in [2.24, 2.45) is 0 Å². The molecule has 0 aliphatic carbocycles. The summed E-state index contributed by atoms with van der Waals surface area (Å²) in [6.45, 7) is 6.88. The summed E-state index contributed by atoms with van der Waals surface area (Å²) in [5, 5.41) is 0. The third-order valence-corrected chi connectivity index (χ3v) is 8.91. The van der Waals surface area contributed by atoms with Crippen molar-refractivity contribution in [2.75, 3.05) is 60.1 Å². The van der Waals surface area contributed by atoms with Crippen LogP contribution < -0.4 is 24.8 Å². The largest absolute Gasteiger partial charge is 1.00 e. The molecule has 0 atom stereocenters. The van der Waals surface area contributed by atoms with Gasteiger partial charge in [-0.3, -0.25) is 0 Å². The van der Waals surface area contributed by atoms with Crippen LogP contribution in [0.2, 0.25) is 0 Å². The molecule has 5 nitrogen and oxygen atoms in total. The van der Waals surface area contributed by atoms with Gasteiger partial charge in [-0.1, -0.05) is 96.8 Å². The van der Waals surface area contributed by atoms with E-state index in [0.29, 0.717) is 6.42 Å². The molecule has 0 rings (SSSR count). The van der Waals surface area contributed by atoms with Crippen LogP contribution >= 0.6 is 10.9 Å². The molecule has 242 valence electrons. The van der Waals surface area contributed by atoms with Crippen molar-refractivity contribution in [3.8, 4) is 0 Å². The Hall–Kier alpha value is 0.730. The maximum atomic E-state index is 9.11. The van der Waals surface area contributed by atoms with E-state index in [1.165, 1.54) is 142 Å². The highest BCUT2D eigenvalue weighted by Gasteiger charge is 2.18. The molecule has 3 N–H and O–H groups in total. The number of nitrogens with zero attached hydrogens (tertiary/aromatic N) is 2. The van der Waals surface area contributed by atoms with Gasteiger partial charge in [0.15, 0.2) is 0 Å². The summed E-state index contributed by atoms with van der Waals surface area (Å²) >= 11 is 0. The first-order valence-electron chi connectivity index (χ1n) is 16.1. The van der Waals surface area contributed by atoms with Crippen LogP contribution in [0.4, 0.5) is 0 Å². The van der Waals surface area contributed by atoms with E-state index in [1.54, 1.807) is 0 Å². The van der Waals surface area contributed by atoms with E-state index in [4.69, 9.17) is 13.7 Å². The van der Waals surface area contributed by atoms with Gasteiger partial charge in [0.1, 0.15) is 0 Å². The van der Waals surface area contributed by atoms with Gasteiger partial charge in [0.25, 0.3) is 0 Å². The van der Waals surface area contributed by atoms with E-state index < -0.39 is 10.9 Å². The van der Waals surface area contributed by atoms with E-state index >= 15 is 0 Å². The minimum atomic E-state index is -3.33. The lowest BCUT2D eigenvalue weighted by atomic mass is 10.0. The number of unbranched alkanes of at least 4 members (excludes halogenated alkanes) is 18. The molecular formula is C31H70Cl2N2O3S. The molecule has 0 amide bonds. The molecule has 0 aromatic carbocycles. The molecule has 0 aliphatic rings. The predicted molar refractivity (Wildman–Crippen MR) is 167 cm³/mol. The Morgan fingerprint density at radius 1 is 0.385 bits per heavy atom. The van der Waals surface area contributed by atoms with Gasteiger partial charge in [-0.25, -0.2) is 0 Å². The Labute approximate surface area is 259 Å². The SMILES string of the molecule is CCCCCCCCCCCCCCCCCC[N+](C)(C)CCCCCC[N+](C)(C)CCCS(O)(O)O.[Cl-].[Cl-]. The average Bonchev–Trinajstić information content (AvgIpc) is 2.80. The monoisotopic (exact) mass is 620 g/mol. The Balaban J connectivity index is -0.00000648. The smallest absolute Gasteiger partial charge is 0.0812 e. The van der Waals surface area contributed by atoms with Crippen LogP contribution in [0.3, 0.4) is 0 Å². The Kier molecular flexibility index (Phi) is 31.2. The molecule has 0 saturated carbocycles. The first kappa shape index (κ1) is 44.2. The van der Waals surface area contributed by atoms with Gasteiger partial charge >= 0.3 is 0 Å². The number of quaternary nitrogens is 2. The summed E-state index contributed by atoms with van der Waals surface area (Å²) in [5.74, 6) is 0.0983. The zero-order valence-corrected chi connectivity index (χ0v) is 29.1. The van der Waals surface area contributed by atoms with Crippen LogP contribution in [0, 0.1) is 0 Å². The van der Waals surface area contributed by atoms with Crippen LogP contribution in [0.15, 0.2) is 0 Å². The standard InChI is InChI=1S/C31H68N2O3S.2ClH/c1-6-7-8-9-10-11-12-13-14-15-16-17-18-19-20-23-27-32(2,3)28-24-21-22-25-29-33(4,5)30-26-31-37(34,35)36;;/h6-31H2,1-5H3,(H-2,34,35,36);2*1H. The fourth-order valence-electron chi connectivity index (χ4n) is 5.43. The molecule has 0 saturated heterocycles. The van der Waals surface area contributed by atoms with Crippen LogP contribution in [0.1, 0.15) is 142 Å². The maximum Gasteiger partial charge on any atom is 0.0812 e. The van der Waals surface area contributed by atoms with Crippen LogP contribution in [0.5, 0.6) is 0 Å². The van der Waals surface area contributed by atoms with Gasteiger partial charge < -0.3 is 47.4 Å². The molecule has 8 heteroatoms. The quantitative estimate of drug-likeness (QED) is 0.0925. The van der Waals surface area contributed by atoms with E-state index in [0.717, 1.165) is 22.1 Å². The Bertz CT molecular complexity index is 507. The zero-order valence-electron chi connectivity index (χ0n) is 26.8. The van der Waals surface area contributed by atoms with Crippen molar-refractivity contribution in [3.05, 3.63) is 0 Å². The van der Waals surface area contributed by atoms with Crippen molar-refractivity contribution < 1.29 is 47.4 Å². The van der Waals surface area contributed by atoms with E-state index in [1.807, 2.05) is 0 Å².